The van der Waals surface area contributed by atoms with Crippen molar-refractivity contribution in [3.63, 3.8) is 0 Å². The highest BCUT2D eigenvalue weighted by atomic mass is 32.1. The van der Waals surface area contributed by atoms with Crippen molar-refractivity contribution in [2.24, 2.45) is 10.9 Å². The molecule has 4 heteroatoms. The molecule has 1 rings (SSSR count). The Bertz CT molecular complexity index is 376. The van der Waals surface area contributed by atoms with Crippen LogP contribution in [-0.2, 0) is 0 Å². The standard InChI is InChI=1S/C10H14N2SSi/c1-14(2,3)10(12-11)5-4-9-6-7-13-8-9/h6-8H,11H2,1-3H3/b12-10-. The Balaban J connectivity index is 2.87. The van der Waals surface area contributed by atoms with Gasteiger partial charge in [-0.1, -0.05) is 25.6 Å². The Morgan fingerprint density at radius 1 is 1.50 bits per heavy atom. The second-order valence-corrected chi connectivity index (χ2v) is 9.74. The topological polar surface area (TPSA) is 38.4 Å². The minimum atomic E-state index is -1.47. The summed E-state index contributed by atoms with van der Waals surface area (Å²) < 4.78 is 0. The summed E-state index contributed by atoms with van der Waals surface area (Å²) in [6, 6.07) is 2.00. The van der Waals surface area contributed by atoms with Crippen molar-refractivity contribution < 1.29 is 0 Å². The van der Waals surface area contributed by atoms with Crippen LogP contribution in [0.25, 0.3) is 0 Å². The lowest BCUT2D eigenvalue weighted by atomic mass is 10.3. The summed E-state index contributed by atoms with van der Waals surface area (Å²) >= 11 is 1.64. The average Bonchev–Trinajstić information content (AvgIpc) is 2.55. The lowest BCUT2D eigenvalue weighted by Gasteiger charge is -2.12. The number of thiophene rings is 1. The third-order valence-corrected chi connectivity index (χ3v) is 4.04. The van der Waals surface area contributed by atoms with Gasteiger partial charge in [0.2, 0.25) is 0 Å². The van der Waals surface area contributed by atoms with Gasteiger partial charge in [-0.2, -0.15) is 16.4 Å². The fraction of sp³-hybridized carbons (Fsp3) is 0.300. The zero-order valence-corrected chi connectivity index (χ0v) is 10.5. The third-order valence-electron chi connectivity index (χ3n) is 1.69. The normalized spacial score (nSPS) is 12.1. The van der Waals surface area contributed by atoms with Gasteiger partial charge < -0.3 is 5.84 Å². The van der Waals surface area contributed by atoms with E-state index in [0.29, 0.717) is 0 Å². The lowest BCUT2D eigenvalue weighted by molar-refractivity contribution is 1.26. The molecule has 0 aliphatic rings. The van der Waals surface area contributed by atoms with Gasteiger partial charge in [-0.25, -0.2) is 0 Å². The zero-order valence-electron chi connectivity index (χ0n) is 8.66. The number of nitrogens with two attached hydrogens (primary N) is 1. The molecule has 2 nitrogen and oxygen atoms in total. The first kappa shape index (κ1) is 11.0. The van der Waals surface area contributed by atoms with E-state index >= 15 is 0 Å². The molecular weight excluding hydrogens is 208 g/mol. The molecule has 0 radical (unpaired) electrons. The fourth-order valence-corrected chi connectivity index (χ4v) is 2.29. The van der Waals surface area contributed by atoms with Crippen LogP contribution in [0.2, 0.25) is 19.6 Å². The third kappa shape index (κ3) is 3.02. The largest absolute Gasteiger partial charge is 0.323 e. The van der Waals surface area contributed by atoms with Gasteiger partial charge in [-0.3, -0.25) is 0 Å². The monoisotopic (exact) mass is 222 g/mol. The molecule has 2 N–H and O–H groups in total. The van der Waals surface area contributed by atoms with Crippen molar-refractivity contribution in [3.05, 3.63) is 22.4 Å². The summed E-state index contributed by atoms with van der Waals surface area (Å²) in [6.45, 7) is 6.54. The van der Waals surface area contributed by atoms with Gasteiger partial charge in [-0.05, 0) is 17.4 Å². The van der Waals surface area contributed by atoms with Crippen molar-refractivity contribution in [1.29, 1.82) is 0 Å². The van der Waals surface area contributed by atoms with E-state index in [4.69, 9.17) is 5.84 Å². The van der Waals surface area contributed by atoms with Crippen LogP contribution in [0.5, 0.6) is 0 Å². The van der Waals surface area contributed by atoms with Crippen molar-refractivity contribution in [1.82, 2.24) is 0 Å². The summed E-state index contributed by atoms with van der Waals surface area (Å²) in [5.41, 5.74) is 1.04. The molecule has 0 aliphatic carbocycles. The summed E-state index contributed by atoms with van der Waals surface area (Å²) in [5, 5.41) is 8.66. The molecule has 1 heterocycles. The molecule has 0 aliphatic heterocycles. The molecule has 0 saturated heterocycles. The van der Waals surface area contributed by atoms with Crippen LogP contribution >= 0.6 is 11.3 Å². The van der Waals surface area contributed by atoms with Gasteiger partial charge in [0, 0.05) is 10.9 Å². The Morgan fingerprint density at radius 2 is 2.21 bits per heavy atom. The molecule has 1 aromatic heterocycles. The summed E-state index contributed by atoms with van der Waals surface area (Å²) in [6.07, 6.45) is 0. The van der Waals surface area contributed by atoms with Crippen LogP contribution in [0.4, 0.5) is 0 Å². The number of rotatable bonds is 1. The quantitative estimate of drug-likeness (QED) is 0.256. The summed E-state index contributed by atoms with van der Waals surface area (Å²) in [7, 11) is -1.47. The highest BCUT2D eigenvalue weighted by Gasteiger charge is 2.19. The van der Waals surface area contributed by atoms with Crippen molar-refractivity contribution in [2.75, 3.05) is 0 Å². The van der Waals surface area contributed by atoms with E-state index in [9.17, 15) is 0 Å². The van der Waals surface area contributed by atoms with E-state index in [0.717, 1.165) is 10.9 Å². The first-order valence-electron chi connectivity index (χ1n) is 4.36. The van der Waals surface area contributed by atoms with E-state index in [1.54, 1.807) is 11.3 Å². The Kier molecular flexibility index (Phi) is 3.50. The molecule has 1 aromatic rings. The van der Waals surface area contributed by atoms with E-state index < -0.39 is 8.07 Å². The van der Waals surface area contributed by atoms with Crippen LogP contribution < -0.4 is 5.84 Å². The fourth-order valence-electron chi connectivity index (χ4n) is 0.880. The number of hydrazone groups is 1. The van der Waals surface area contributed by atoms with Crippen LogP contribution in [0, 0.1) is 11.8 Å². The van der Waals surface area contributed by atoms with Crippen molar-refractivity contribution in [2.45, 2.75) is 19.6 Å². The Morgan fingerprint density at radius 3 is 2.64 bits per heavy atom. The van der Waals surface area contributed by atoms with Crippen molar-refractivity contribution >= 4 is 24.7 Å². The van der Waals surface area contributed by atoms with Crippen LogP contribution in [0.1, 0.15) is 5.56 Å². The molecule has 0 spiro atoms. The van der Waals surface area contributed by atoms with Crippen LogP contribution in [0.15, 0.2) is 21.9 Å². The second-order valence-electron chi connectivity index (χ2n) is 3.99. The molecule has 0 amide bonds. The number of hydrogen-bond acceptors (Lipinski definition) is 3. The minimum Gasteiger partial charge on any atom is -0.323 e. The maximum absolute atomic E-state index is 5.32. The van der Waals surface area contributed by atoms with Crippen molar-refractivity contribution in [3.8, 4) is 11.8 Å². The van der Waals surface area contributed by atoms with E-state index in [-0.39, 0.29) is 0 Å². The summed E-state index contributed by atoms with van der Waals surface area (Å²) in [5.74, 6) is 11.4. The highest BCUT2D eigenvalue weighted by Crippen LogP contribution is 2.05. The van der Waals surface area contributed by atoms with Gasteiger partial charge in [0.1, 0.15) is 8.07 Å². The Labute approximate surface area is 89.8 Å². The van der Waals surface area contributed by atoms with Crippen LogP contribution in [0.3, 0.4) is 0 Å². The number of nitrogens with zero attached hydrogens (tertiary/aromatic N) is 1. The molecule has 74 valence electrons. The molecule has 0 unspecified atom stereocenters. The average molecular weight is 222 g/mol. The van der Waals surface area contributed by atoms with Gasteiger partial charge in [0.15, 0.2) is 0 Å². The van der Waals surface area contributed by atoms with Gasteiger partial charge in [0.05, 0.1) is 5.33 Å². The minimum absolute atomic E-state index is 0.865. The molecular formula is C10H14N2SSi. The highest BCUT2D eigenvalue weighted by molar-refractivity contribution is 7.08. The molecule has 0 fully saturated rings. The van der Waals surface area contributed by atoms with E-state index in [2.05, 4.69) is 36.6 Å². The predicted molar refractivity (Wildman–Crippen MR) is 66.2 cm³/mol. The van der Waals surface area contributed by atoms with E-state index in [1.165, 1.54) is 0 Å². The number of hydrogen-bond donors (Lipinski definition) is 1. The van der Waals surface area contributed by atoms with Gasteiger partial charge in [0.25, 0.3) is 0 Å². The maximum atomic E-state index is 5.32. The van der Waals surface area contributed by atoms with Gasteiger partial charge in [-0.15, -0.1) is 0 Å². The maximum Gasteiger partial charge on any atom is 0.115 e. The zero-order chi connectivity index (χ0) is 10.6. The summed E-state index contributed by atoms with van der Waals surface area (Å²) in [4.78, 5) is 0. The van der Waals surface area contributed by atoms with Gasteiger partial charge >= 0.3 is 0 Å². The molecule has 0 aromatic carbocycles. The second kappa shape index (κ2) is 4.44. The molecule has 14 heavy (non-hydrogen) atoms. The predicted octanol–water partition coefficient (Wildman–Crippen LogP) is 2.29. The first-order chi connectivity index (χ1) is 6.54. The molecule has 0 atom stereocenters. The van der Waals surface area contributed by atoms with E-state index in [1.807, 2.05) is 16.8 Å². The SMILES string of the molecule is C[Si](C)(C)/C(C#Cc1ccsc1)=N\N. The first-order valence-corrected chi connectivity index (χ1v) is 8.81. The lowest BCUT2D eigenvalue weighted by Crippen LogP contribution is -2.33. The molecule has 0 saturated carbocycles. The van der Waals surface area contributed by atoms with Crippen LogP contribution in [-0.4, -0.2) is 13.4 Å². The Hall–Kier alpha value is -1.05. The smallest absolute Gasteiger partial charge is 0.115 e. The molecule has 0 bridgehead atoms.